The molecule has 0 saturated heterocycles. The first-order valence-corrected chi connectivity index (χ1v) is 7.93. The molecule has 0 aliphatic rings. The molecule has 24 heavy (non-hydrogen) atoms. The lowest BCUT2D eigenvalue weighted by atomic mass is 10.1. The summed E-state index contributed by atoms with van der Waals surface area (Å²) in [6, 6.07) is 11.4. The highest BCUT2D eigenvalue weighted by atomic mass is 32.2. The van der Waals surface area contributed by atoms with Crippen LogP contribution >= 0.6 is 11.8 Å². The fraction of sp³-hybridized carbons (Fsp3) is 0.125. The zero-order valence-electron chi connectivity index (χ0n) is 12.8. The third-order valence-corrected chi connectivity index (χ3v) is 4.09. The monoisotopic (exact) mass is 339 g/mol. The van der Waals surface area contributed by atoms with E-state index >= 15 is 0 Å². The van der Waals surface area contributed by atoms with Gasteiger partial charge >= 0.3 is 0 Å². The summed E-state index contributed by atoms with van der Waals surface area (Å²) >= 11 is 1.36. The average Bonchev–Trinajstić information content (AvgIpc) is 3.09. The molecule has 7 nitrogen and oxygen atoms in total. The van der Waals surface area contributed by atoms with Gasteiger partial charge in [0.2, 0.25) is 0 Å². The van der Waals surface area contributed by atoms with Gasteiger partial charge in [0.05, 0.1) is 19.1 Å². The summed E-state index contributed by atoms with van der Waals surface area (Å²) in [6.45, 7) is 0. The maximum atomic E-state index is 8.81. The third-order valence-electron chi connectivity index (χ3n) is 3.20. The summed E-state index contributed by atoms with van der Waals surface area (Å²) in [4.78, 5) is 8.16. The number of aromatic nitrogens is 3. The highest BCUT2D eigenvalue weighted by Crippen LogP contribution is 2.25. The number of nitrogens with two attached hydrogens (primary N) is 1. The summed E-state index contributed by atoms with van der Waals surface area (Å²) < 4.78 is 10.5. The Kier molecular flexibility index (Phi) is 4.63. The SMILES string of the molecule is COc1ccc(-c2cc(CSc3ncc(C#N)c(N)n3)on2)cc1. The maximum Gasteiger partial charge on any atom is 0.189 e. The molecule has 0 atom stereocenters. The molecule has 3 rings (SSSR count). The van der Waals surface area contributed by atoms with Crippen LogP contribution < -0.4 is 10.5 Å². The van der Waals surface area contributed by atoms with Crippen LogP contribution in [0.1, 0.15) is 11.3 Å². The van der Waals surface area contributed by atoms with Crippen molar-refractivity contribution in [2.24, 2.45) is 0 Å². The van der Waals surface area contributed by atoms with Crippen molar-refractivity contribution in [2.75, 3.05) is 12.8 Å². The summed E-state index contributed by atoms with van der Waals surface area (Å²) in [5, 5.41) is 13.4. The number of nitrogens with zero attached hydrogens (tertiary/aromatic N) is 4. The van der Waals surface area contributed by atoms with E-state index in [0.717, 1.165) is 17.0 Å². The van der Waals surface area contributed by atoms with Crippen molar-refractivity contribution in [3.63, 3.8) is 0 Å². The highest BCUT2D eigenvalue weighted by Gasteiger charge is 2.09. The van der Waals surface area contributed by atoms with E-state index in [2.05, 4.69) is 15.1 Å². The predicted octanol–water partition coefficient (Wildman–Crippen LogP) is 2.89. The van der Waals surface area contributed by atoms with E-state index in [9.17, 15) is 0 Å². The average molecular weight is 339 g/mol. The standard InChI is InChI=1S/C16H13N5O2S/c1-22-12-4-2-10(3-5-12)14-6-13(23-21-14)9-24-16-19-8-11(7-17)15(18)20-16/h2-6,8H,9H2,1H3,(H2,18,19,20). The largest absolute Gasteiger partial charge is 0.497 e. The number of nitriles is 1. The third kappa shape index (κ3) is 3.47. The molecule has 120 valence electrons. The Morgan fingerprint density at radius 1 is 1.33 bits per heavy atom. The molecule has 2 heterocycles. The Morgan fingerprint density at radius 3 is 2.79 bits per heavy atom. The lowest BCUT2D eigenvalue weighted by Gasteiger charge is -2.00. The van der Waals surface area contributed by atoms with E-state index < -0.39 is 0 Å². The van der Waals surface area contributed by atoms with Crippen LogP contribution in [0.25, 0.3) is 11.3 Å². The van der Waals surface area contributed by atoms with Gasteiger partial charge in [-0.2, -0.15) is 5.26 Å². The normalized spacial score (nSPS) is 10.3. The molecule has 0 aliphatic heterocycles. The van der Waals surface area contributed by atoms with Gasteiger partial charge < -0.3 is 15.0 Å². The maximum absolute atomic E-state index is 8.81. The Labute approximate surface area is 142 Å². The minimum Gasteiger partial charge on any atom is -0.497 e. The molecule has 0 aliphatic carbocycles. The first-order chi connectivity index (χ1) is 11.7. The fourth-order valence-corrected chi connectivity index (χ4v) is 2.65. The van der Waals surface area contributed by atoms with E-state index in [0.29, 0.717) is 16.7 Å². The Morgan fingerprint density at radius 2 is 2.12 bits per heavy atom. The molecule has 0 saturated carbocycles. The molecule has 0 bridgehead atoms. The van der Waals surface area contributed by atoms with Gasteiger partial charge in [0.15, 0.2) is 5.16 Å². The van der Waals surface area contributed by atoms with Crippen molar-refractivity contribution in [3.05, 3.63) is 47.9 Å². The lowest BCUT2D eigenvalue weighted by Crippen LogP contribution is -1.98. The van der Waals surface area contributed by atoms with E-state index in [1.807, 2.05) is 36.4 Å². The molecule has 8 heteroatoms. The molecular weight excluding hydrogens is 326 g/mol. The number of ether oxygens (including phenoxy) is 1. The van der Waals surface area contributed by atoms with Gasteiger partial charge in [-0.15, -0.1) is 0 Å². The van der Waals surface area contributed by atoms with Gasteiger partial charge in [-0.25, -0.2) is 9.97 Å². The van der Waals surface area contributed by atoms with Gasteiger partial charge in [0, 0.05) is 11.6 Å². The van der Waals surface area contributed by atoms with Crippen molar-refractivity contribution in [2.45, 2.75) is 10.9 Å². The molecule has 2 N–H and O–H groups in total. The molecule has 0 amide bonds. The van der Waals surface area contributed by atoms with E-state index in [-0.39, 0.29) is 11.4 Å². The van der Waals surface area contributed by atoms with Crippen molar-refractivity contribution >= 4 is 17.6 Å². The second-order valence-electron chi connectivity index (χ2n) is 4.76. The molecular formula is C16H13N5O2S. The lowest BCUT2D eigenvalue weighted by molar-refractivity contribution is 0.397. The van der Waals surface area contributed by atoms with Gasteiger partial charge in [-0.3, -0.25) is 0 Å². The minimum atomic E-state index is 0.173. The van der Waals surface area contributed by atoms with Gasteiger partial charge in [-0.05, 0) is 24.3 Å². The first kappa shape index (κ1) is 15.8. The molecule has 0 radical (unpaired) electrons. The van der Waals surface area contributed by atoms with Crippen LogP contribution in [-0.2, 0) is 5.75 Å². The van der Waals surface area contributed by atoms with Crippen LogP contribution in [-0.4, -0.2) is 22.2 Å². The van der Waals surface area contributed by atoms with Crippen LogP contribution in [0.15, 0.2) is 46.2 Å². The van der Waals surface area contributed by atoms with Crippen LogP contribution in [0.2, 0.25) is 0 Å². The van der Waals surface area contributed by atoms with Crippen molar-refractivity contribution in [1.29, 1.82) is 5.26 Å². The summed E-state index contributed by atoms with van der Waals surface area (Å²) in [5.41, 5.74) is 7.62. The van der Waals surface area contributed by atoms with Crippen molar-refractivity contribution < 1.29 is 9.26 Å². The smallest absolute Gasteiger partial charge is 0.189 e. The van der Waals surface area contributed by atoms with Gasteiger partial charge in [0.1, 0.15) is 34.7 Å². The molecule has 0 fully saturated rings. The number of hydrogen-bond donors (Lipinski definition) is 1. The number of anilines is 1. The highest BCUT2D eigenvalue weighted by molar-refractivity contribution is 7.98. The van der Waals surface area contributed by atoms with E-state index in [1.54, 1.807) is 7.11 Å². The number of rotatable bonds is 5. The number of nitrogen functional groups attached to an aromatic ring is 1. The fourth-order valence-electron chi connectivity index (χ4n) is 1.95. The van der Waals surface area contributed by atoms with E-state index in [1.165, 1.54) is 18.0 Å². The first-order valence-electron chi connectivity index (χ1n) is 6.95. The van der Waals surface area contributed by atoms with E-state index in [4.69, 9.17) is 20.3 Å². The van der Waals surface area contributed by atoms with Crippen LogP contribution in [0.4, 0.5) is 5.82 Å². The molecule has 3 aromatic rings. The van der Waals surface area contributed by atoms with Gasteiger partial charge in [0.25, 0.3) is 0 Å². The van der Waals surface area contributed by atoms with Crippen molar-refractivity contribution in [3.8, 4) is 23.1 Å². The Hall–Kier alpha value is -3.05. The number of hydrogen-bond acceptors (Lipinski definition) is 8. The Bertz CT molecular complexity index is 886. The van der Waals surface area contributed by atoms with Gasteiger partial charge in [-0.1, -0.05) is 16.9 Å². The second-order valence-corrected chi connectivity index (χ2v) is 5.70. The number of benzene rings is 1. The number of methoxy groups -OCH3 is 1. The summed E-state index contributed by atoms with van der Waals surface area (Å²) in [5.74, 6) is 2.16. The number of thioether (sulfide) groups is 1. The zero-order chi connectivity index (χ0) is 16.9. The summed E-state index contributed by atoms with van der Waals surface area (Å²) in [7, 11) is 1.62. The van der Waals surface area contributed by atoms with Crippen LogP contribution in [0, 0.1) is 11.3 Å². The zero-order valence-corrected chi connectivity index (χ0v) is 13.6. The quantitative estimate of drug-likeness (QED) is 0.558. The summed E-state index contributed by atoms with van der Waals surface area (Å²) in [6.07, 6.45) is 1.41. The molecule has 2 aromatic heterocycles. The topological polar surface area (TPSA) is 111 Å². The molecule has 1 aromatic carbocycles. The van der Waals surface area contributed by atoms with Crippen LogP contribution in [0.3, 0.4) is 0 Å². The minimum absolute atomic E-state index is 0.173. The second kappa shape index (κ2) is 7.02. The Balaban J connectivity index is 1.67. The van der Waals surface area contributed by atoms with Crippen LogP contribution in [0.5, 0.6) is 5.75 Å². The molecule has 0 unspecified atom stereocenters. The van der Waals surface area contributed by atoms with Crippen molar-refractivity contribution in [1.82, 2.24) is 15.1 Å². The predicted molar refractivity (Wildman–Crippen MR) is 89.2 cm³/mol. The molecule has 0 spiro atoms.